The zero-order valence-electron chi connectivity index (χ0n) is 14.0. The number of esters is 1. The lowest BCUT2D eigenvalue weighted by Crippen LogP contribution is -2.36. The molecule has 146 valence electrons. The minimum Gasteiger partial charge on any atom is -0.465 e. The highest BCUT2D eigenvalue weighted by Gasteiger charge is 2.31. The fourth-order valence-electron chi connectivity index (χ4n) is 1.77. The summed E-state index contributed by atoms with van der Waals surface area (Å²) >= 11 is 0. The van der Waals surface area contributed by atoms with Gasteiger partial charge < -0.3 is 18.9 Å². The predicted molar refractivity (Wildman–Crippen MR) is 74.8 cm³/mol. The zero-order valence-corrected chi connectivity index (χ0v) is 14.0. The fraction of sp³-hybridized carbons (Fsp3) is 0.467. The Kier molecular flexibility index (Phi) is 7.30. The van der Waals surface area contributed by atoms with Crippen molar-refractivity contribution in [2.24, 2.45) is 5.41 Å². The van der Waals surface area contributed by atoms with E-state index in [1.54, 1.807) is 0 Å². The van der Waals surface area contributed by atoms with Crippen molar-refractivity contribution in [3.8, 4) is 5.75 Å². The van der Waals surface area contributed by atoms with Crippen molar-refractivity contribution in [2.75, 3.05) is 26.9 Å². The van der Waals surface area contributed by atoms with Gasteiger partial charge >= 0.3 is 12.1 Å². The van der Waals surface area contributed by atoms with E-state index in [0.717, 1.165) is 6.92 Å². The molecule has 26 heavy (non-hydrogen) atoms. The van der Waals surface area contributed by atoms with Gasteiger partial charge in [-0.1, -0.05) is 6.92 Å². The molecule has 0 spiro atoms. The third-order valence-electron chi connectivity index (χ3n) is 3.01. The van der Waals surface area contributed by atoms with Gasteiger partial charge in [-0.3, -0.25) is 4.79 Å². The Morgan fingerprint density at radius 2 is 1.31 bits per heavy atom. The standard InChI is InChI=1S/C15H15F5O6/c1-7(21)24-5-15(2,4-23-3)6-25-14(22)26-13-11(19)9(17)8(16)10(18)12(13)20/h4-6H2,1-3H3. The number of halogens is 5. The van der Waals surface area contributed by atoms with Gasteiger partial charge in [-0.2, -0.15) is 8.78 Å². The Labute approximate surface area is 144 Å². The SMILES string of the molecule is COCC(C)(COC(C)=O)COC(=O)Oc1c(F)c(F)c(F)c(F)c1F. The topological polar surface area (TPSA) is 71.1 Å². The Morgan fingerprint density at radius 1 is 0.846 bits per heavy atom. The third kappa shape index (κ3) is 5.28. The molecular weight excluding hydrogens is 371 g/mol. The van der Waals surface area contributed by atoms with Crippen LogP contribution in [0.2, 0.25) is 0 Å². The maximum atomic E-state index is 13.4. The van der Waals surface area contributed by atoms with Crippen molar-refractivity contribution in [3.63, 3.8) is 0 Å². The first-order valence-corrected chi connectivity index (χ1v) is 7.00. The molecule has 0 amide bonds. The van der Waals surface area contributed by atoms with Crippen molar-refractivity contribution in [3.05, 3.63) is 29.1 Å². The summed E-state index contributed by atoms with van der Waals surface area (Å²) in [6.45, 7) is 1.86. The number of carbonyl (C=O) groups is 2. The van der Waals surface area contributed by atoms with Crippen molar-refractivity contribution in [1.29, 1.82) is 0 Å². The van der Waals surface area contributed by atoms with Crippen LogP contribution in [0, 0.1) is 34.5 Å². The molecule has 0 fully saturated rings. The molecule has 1 unspecified atom stereocenters. The van der Waals surface area contributed by atoms with Crippen molar-refractivity contribution in [1.82, 2.24) is 0 Å². The third-order valence-corrected chi connectivity index (χ3v) is 3.01. The van der Waals surface area contributed by atoms with Crippen LogP contribution in [0.4, 0.5) is 26.7 Å². The van der Waals surface area contributed by atoms with Crippen LogP contribution in [0.3, 0.4) is 0 Å². The van der Waals surface area contributed by atoms with E-state index in [-0.39, 0.29) is 13.2 Å². The summed E-state index contributed by atoms with van der Waals surface area (Å²) in [7, 11) is 1.32. The number of carbonyl (C=O) groups excluding carboxylic acids is 2. The van der Waals surface area contributed by atoms with Crippen LogP contribution >= 0.6 is 0 Å². The maximum Gasteiger partial charge on any atom is 0.514 e. The summed E-state index contributed by atoms with van der Waals surface area (Å²) in [6, 6.07) is 0. The number of hydrogen-bond donors (Lipinski definition) is 0. The van der Waals surface area contributed by atoms with Crippen LogP contribution in [0.25, 0.3) is 0 Å². The monoisotopic (exact) mass is 386 g/mol. The molecule has 1 aromatic carbocycles. The van der Waals surface area contributed by atoms with Crippen LogP contribution in [0.1, 0.15) is 13.8 Å². The van der Waals surface area contributed by atoms with E-state index < -0.39 is 59.0 Å². The highest BCUT2D eigenvalue weighted by atomic mass is 19.2. The number of ether oxygens (including phenoxy) is 4. The van der Waals surface area contributed by atoms with Crippen LogP contribution in [-0.4, -0.2) is 39.1 Å². The van der Waals surface area contributed by atoms with E-state index in [0.29, 0.717) is 0 Å². The molecule has 0 bridgehead atoms. The van der Waals surface area contributed by atoms with Gasteiger partial charge in [-0.05, 0) is 0 Å². The van der Waals surface area contributed by atoms with E-state index >= 15 is 0 Å². The first-order valence-electron chi connectivity index (χ1n) is 7.00. The second-order valence-electron chi connectivity index (χ2n) is 5.56. The molecule has 0 aromatic heterocycles. The Bertz CT molecular complexity index is 667. The average molecular weight is 386 g/mol. The van der Waals surface area contributed by atoms with Crippen LogP contribution in [0.5, 0.6) is 5.75 Å². The van der Waals surface area contributed by atoms with Crippen molar-refractivity contribution in [2.45, 2.75) is 13.8 Å². The second kappa shape index (κ2) is 8.79. The molecule has 0 aliphatic rings. The fourth-order valence-corrected chi connectivity index (χ4v) is 1.77. The highest BCUT2D eigenvalue weighted by molar-refractivity contribution is 5.66. The van der Waals surface area contributed by atoms with Crippen LogP contribution in [0.15, 0.2) is 0 Å². The molecule has 0 N–H and O–H groups in total. The van der Waals surface area contributed by atoms with E-state index in [1.165, 1.54) is 14.0 Å². The van der Waals surface area contributed by atoms with Crippen LogP contribution in [-0.2, 0) is 19.0 Å². The summed E-state index contributed by atoms with van der Waals surface area (Å²) in [5.41, 5.74) is -1.05. The van der Waals surface area contributed by atoms with Gasteiger partial charge in [0.05, 0.1) is 12.0 Å². The van der Waals surface area contributed by atoms with Gasteiger partial charge in [0, 0.05) is 14.0 Å². The molecule has 6 nitrogen and oxygen atoms in total. The van der Waals surface area contributed by atoms with Gasteiger partial charge in [0.15, 0.2) is 0 Å². The summed E-state index contributed by atoms with van der Waals surface area (Å²) in [4.78, 5) is 22.4. The lowest BCUT2D eigenvalue weighted by Gasteiger charge is -2.27. The molecule has 11 heteroatoms. The van der Waals surface area contributed by atoms with Crippen LogP contribution < -0.4 is 4.74 Å². The molecule has 0 aliphatic carbocycles. The second-order valence-corrected chi connectivity index (χ2v) is 5.56. The Morgan fingerprint density at radius 3 is 1.77 bits per heavy atom. The predicted octanol–water partition coefficient (Wildman–Crippen LogP) is 3.11. The number of benzene rings is 1. The lowest BCUT2D eigenvalue weighted by atomic mass is 9.94. The van der Waals surface area contributed by atoms with Gasteiger partial charge in [-0.15, -0.1) is 0 Å². The minimum atomic E-state index is -2.39. The van der Waals surface area contributed by atoms with Gasteiger partial charge in [0.1, 0.15) is 13.2 Å². The summed E-state index contributed by atoms with van der Waals surface area (Å²) in [5, 5.41) is 0. The molecule has 1 atom stereocenters. The zero-order chi connectivity index (χ0) is 20.1. The van der Waals surface area contributed by atoms with Gasteiger partial charge in [0.2, 0.25) is 34.8 Å². The van der Waals surface area contributed by atoms with E-state index in [1.807, 2.05) is 0 Å². The largest absolute Gasteiger partial charge is 0.514 e. The molecule has 0 saturated carbocycles. The smallest absolute Gasteiger partial charge is 0.465 e. The molecule has 0 heterocycles. The summed E-state index contributed by atoms with van der Waals surface area (Å²) in [6.07, 6.45) is -1.72. The van der Waals surface area contributed by atoms with Crippen molar-refractivity contribution >= 4 is 12.1 Å². The van der Waals surface area contributed by atoms with Gasteiger partial charge in [0.25, 0.3) is 0 Å². The Hall–Kier alpha value is -2.43. The number of rotatable bonds is 7. The first kappa shape index (κ1) is 21.6. The summed E-state index contributed by atoms with van der Waals surface area (Å²) < 4.78 is 84.3. The molecular formula is C15H15F5O6. The molecule has 1 rings (SSSR count). The first-order chi connectivity index (χ1) is 12.0. The maximum absolute atomic E-state index is 13.4. The average Bonchev–Trinajstić information content (AvgIpc) is 2.59. The molecule has 0 radical (unpaired) electrons. The lowest BCUT2D eigenvalue weighted by molar-refractivity contribution is -0.146. The van der Waals surface area contributed by atoms with E-state index in [2.05, 4.69) is 9.47 Å². The van der Waals surface area contributed by atoms with Crippen molar-refractivity contribution < 1.29 is 50.5 Å². The molecule has 1 aromatic rings. The Balaban J connectivity index is 2.85. The van der Waals surface area contributed by atoms with E-state index in [9.17, 15) is 31.5 Å². The number of hydrogen-bond acceptors (Lipinski definition) is 6. The number of methoxy groups -OCH3 is 1. The minimum absolute atomic E-state index is 0.0455. The normalized spacial score (nSPS) is 13.1. The highest BCUT2D eigenvalue weighted by Crippen LogP contribution is 2.29. The van der Waals surface area contributed by atoms with E-state index in [4.69, 9.17) is 9.47 Å². The molecule has 0 aliphatic heterocycles. The quantitative estimate of drug-likeness (QED) is 0.236. The molecule has 0 saturated heterocycles. The summed E-state index contributed by atoms with van der Waals surface area (Å²) in [5.74, 6) is -14.0. The van der Waals surface area contributed by atoms with Gasteiger partial charge in [-0.25, -0.2) is 18.0 Å².